The molecule has 0 amide bonds. The number of hydrogen-bond acceptors (Lipinski definition) is 4. The van der Waals surface area contributed by atoms with Gasteiger partial charge in [-0.15, -0.1) is 0 Å². The molecule has 0 aliphatic carbocycles. The van der Waals surface area contributed by atoms with Crippen LogP contribution in [-0.2, 0) is 0 Å². The molecular weight excluding hydrogens is 334 g/mol. The fourth-order valence-electron chi connectivity index (χ4n) is 4.17. The van der Waals surface area contributed by atoms with Gasteiger partial charge in [0.25, 0.3) is 0 Å². The fourth-order valence-corrected chi connectivity index (χ4v) is 4.17. The zero-order valence-electron chi connectivity index (χ0n) is 19.5. The third-order valence-corrected chi connectivity index (χ3v) is 5.33. The Morgan fingerprint density at radius 1 is 1.15 bits per heavy atom. The predicted molar refractivity (Wildman–Crippen MR) is 112 cm³/mol. The van der Waals surface area contributed by atoms with E-state index in [1.54, 1.807) is 11.1 Å². The van der Waals surface area contributed by atoms with E-state index in [2.05, 4.69) is 17.1 Å². The van der Waals surface area contributed by atoms with Crippen LogP contribution in [0.4, 0.5) is 17.2 Å². The van der Waals surface area contributed by atoms with E-state index >= 15 is 0 Å². The first-order valence-corrected chi connectivity index (χ1v) is 9.07. The Balaban J connectivity index is 1.79. The lowest BCUT2D eigenvalue weighted by atomic mass is 10.1. The SMILES string of the molecule is [2H]C([2H])([2H])C([2H])(C)N1c2ncccc2N(c2c(C)ccc3c2oc2ccccc23)[C@H]1C. The number of rotatable bonds is 2. The standard InChI is InChI=1S/C23H23N3O/c1-14(2)25-16(4)26(19-9-7-13-24-23(19)25)21-15(3)11-12-18-17-8-5-6-10-20(17)27-22(18)21/h5-14,16H,1-4H3/t16-/m0/s1/i1D3,14D/t14?,16-. The summed E-state index contributed by atoms with van der Waals surface area (Å²) < 4.78 is 39.0. The Kier molecular flexibility index (Phi) is 2.64. The van der Waals surface area contributed by atoms with Crippen molar-refractivity contribution in [1.82, 2.24) is 4.98 Å². The van der Waals surface area contributed by atoms with Crippen molar-refractivity contribution in [2.24, 2.45) is 0 Å². The number of pyridine rings is 1. The number of furan rings is 1. The maximum Gasteiger partial charge on any atom is 0.159 e. The second-order valence-corrected chi connectivity index (χ2v) is 7.01. The van der Waals surface area contributed by atoms with Crippen molar-refractivity contribution in [3.05, 3.63) is 60.3 Å². The summed E-state index contributed by atoms with van der Waals surface area (Å²) >= 11 is 0. The van der Waals surface area contributed by atoms with Crippen molar-refractivity contribution >= 4 is 39.1 Å². The molecule has 136 valence electrons. The van der Waals surface area contributed by atoms with Gasteiger partial charge in [0.05, 0.1) is 12.7 Å². The zero-order chi connectivity index (χ0) is 22.1. The molecule has 1 aliphatic heterocycles. The second-order valence-electron chi connectivity index (χ2n) is 7.01. The molecule has 3 heterocycles. The normalized spacial score (nSPS) is 21.5. The Hall–Kier alpha value is -3.01. The number of aryl methyl sites for hydroxylation is 1. The van der Waals surface area contributed by atoms with Crippen LogP contribution in [-0.4, -0.2) is 17.2 Å². The maximum atomic E-state index is 8.77. The third kappa shape index (κ3) is 2.19. The number of nitrogens with zero attached hydrogens (tertiary/aromatic N) is 3. The molecule has 4 heteroatoms. The summed E-state index contributed by atoms with van der Waals surface area (Å²) in [7, 11) is 0. The predicted octanol–water partition coefficient (Wildman–Crippen LogP) is 6.00. The van der Waals surface area contributed by atoms with Gasteiger partial charge < -0.3 is 14.2 Å². The average molecular weight is 361 g/mol. The Bertz CT molecular complexity index is 1310. The highest BCUT2D eigenvalue weighted by Gasteiger charge is 2.38. The van der Waals surface area contributed by atoms with E-state index < -0.39 is 19.0 Å². The molecule has 5 rings (SSSR count). The lowest BCUT2D eigenvalue weighted by molar-refractivity contribution is 0.598. The largest absolute Gasteiger partial charge is 0.454 e. The molecule has 0 radical (unpaired) electrons. The van der Waals surface area contributed by atoms with Crippen LogP contribution in [0.2, 0.25) is 0 Å². The highest BCUT2D eigenvalue weighted by atomic mass is 16.3. The van der Waals surface area contributed by atoms with Gasteiger partial charge in [0.15, 0.2) is 11.4 Å². The van der Waals surface area contributed by atoms with Crippen molar-refractivity contribution in [2.75, 3.05) is 9.80 Å². The molecule has 4 aromatic rings. The van der Waals surface area contributed by atoms with Gasteiger partial charge >= 0.3 is 0 Å². The lowest BCUT2D eigenvalue weighted by Crippen LogP contribution is -2.42. The molecule has 0 bridgehead atoms. The zero-order valence-corrected chi connectivity index (χ0v) is 15.5. The third-order valence-electron chi connectivity index (χ3n) is 5.33. The van der Waals surface area contributed by atoms with Gasteiger partial charge in [0, 0.05) is 27.1 Å². The molecule has 0 spiro atoms. The summed E-state index contributed by atoms with van der Waals surface area (Å²) in [5.41, 5.74) is 4.15. The van der Waals surface area contributed by atoms with Crippen molar-refractivity contribution in [2.45, 2.75) is 39.8 Å². The molecule has 27 heavy (non-hydrogen) atoms. The van der Waals surface area contributed by atoms with Gasteiger partial charge in [-0.05, 0) is 51.4 Å². The number of hydrogen-bond donors (Lipinski definition) is 0. The van der Waals surface area contributed by atoms with Gasteiger partial charge in [-0.25, -0.2) is 4.98 Å². The van der Waals surface area contributed by atoms with Crippen molar-refractivity contribution in [3.8, 4) is 0 Å². The van der Waals surface area contributed by atoms with E-state index in [-0.39, 0.29) is 0 Å². The number of anilines is 3. The van der Waals surface area contributed by atoms with E-state index in [1.807, 2.05) is 55.1 Å². The lowest BCUT2D eigenvalue weighted by Gasteiger charge is -2.33. The van der Waals surface area contributed by atoms with Crippen LogP contribution in [0.3, 0.4) is 0 Å². The van der Waals surface area contributed by atoms with Crippen molar-refractivity contribution < 1.29 is 9.90 Å². The van der Waals surface area contributed by atoms with Gasteiger partial charge in [-0.3, -0.25) is 0 Å². The minimum absolute atomic E-state index is 0.453. The van der Waals surface area contributed by atoms with Crippen LogP contribution >= 0.6 is 0 Å². The van der Waals surface area contributed by atoms with Crippen molar-refractivity contribution in [1.29, 1.82) is 0 Å². The summed E-state index contributed by atoms with van der Waals surface area (Å²) in [4.78, 5) is 8.10. The molecule has 2 aromatic heterocycles. The molecule has 0 fully saturated rings. The molecule has 4 nitrogen and oxygen atoms in total. The summed E-state index contributed by atoms with van der Waals surface area (Å²) in [5.74, 6) is 0.483. The molecule has 1 aliphatic rings. The van der Waals surface area contributed by atoms with Gasteiger partial charge in [-0.2, -0.15) is 0 Å². The quantitative estimate of drug-likeness (QED) is 0.438. The van der Waals surface area contributed by atoms with Crippen LogP contribution in [0.15, 0.2) is 59.1 Å². The molecule has 2 atom stereocenters. The minimum Gasteiger partial charge on any atom is -0.454 e. The summed E-state index contributed by atoms with van der Waals surface area (Å²) in [5, 5.41) is 2.03. The van der Waals surface area contributed by atoms with Crippen LogP contribution in [0.25, 0.3) is 21.9 Å². The maximum absolute atomic E-state index is 8.77. The summed E-state index contributed by atoms with van der Waals surface area (Å²) in [6, 6.07) is 13.9. The first kappa shape index (κ1) is 12.4. The van der Waals surface area contributed by atoms with E-state index in [1.165, 1.54) is 6.92 Å². The van der Waals surface area contributed by atoms with Crippen LogP contribution in [0.5, 0.6) is 0 Å². The number of benzene rings is 2. The number of aromatic nitrogens is 1. The molecule has 0 saturated heterocycles. The van der Waals surface area contributed by atoms with E-state index in [9.17, 15) is 0 Å². The Morgan fingerprint density at radius 2 is 2.00 bits per heavy atom. The summed E-state index contributed by atoms with van der Waals surface area (Å²) in [6.07, 6.45) is 1.18. The van der Waals surface area contributed by atoms with Crippen LogP contribution in [0.1, 0.15) is 31.7 Å². The minimum atomic E-state index is -2.52. The topological polar surface area (TPSA) is 32.5 Å². The second kappa shape index (κ2) is 5.74. The Labute approximate surface area is 164 Å². The smallest absolute Gasteiger partial charge is 0.159 e. The summed E-state index contributed by atoms with van der Waals surface area (Å²) in [6.45, 7) is 2.82. The van der Waals surface area contributed by atoms with Gasteiger partial charge in [-0.1, -0.05) is 30.3 Å². The van der Waals surface area contributed by atoms with Crippen molar-refractivity contribution in [3.63, 3.8) is 0 Å². The highest BCUT2D eigenvalue weighted by molar-refractivity contribution is 6.10. The van der Waals surface area contributed by atoms with Crippen LogP contribution in [0, 0.1) is 6.92 Å². The van der Waals surface area contributed by atoms with E-state index in [0.29, 0.717) is 5.82 Å². The number of fused-ring (bicyclic) bond motifs is 4. The van der Waals surface area contributed by atoms with Crippen LogP contribution < -0.4 is 9.80 Å². The molecule has 2 aromatic carbocycles. The first-order valence-electron chi connectivity index (χ1n) is 11.1. The molecular formula is C23H23N3O. The van der Waals surface area contributed by atoms with E-state index in [4.69, 9.17) is 9.90 Å². The van der Waals surface area contributed by atoms with E-state index in [0.717, 1.165) is 38.9 Å². The van der Waals surface area contributed by atoms with Gasteiger partial charge in [0.2, 0.25) is 0 Å². The average Bonchev–Trinajstić information content (AvgIpc) is 3.22. The molecule has 0 N–H and O–H groups in total. The Morgan fingerprint density at radius 3 is 2.85 bits per heavy atom. The molecule has 0 saturated carbocycles. The highest BCUT2D eigenvalue weighted by Crippen LogP contribution is 2.48. The van der Waals surface area contributed by atoms with Gasteiger partial charge in [0.1, 0.15) is 11.7 Å². The molecule has 1 unspecified atom stereocenters. The fraction of sp³-hybridized carbons (Fsp3) is 0.261. The monoisotopic (exact) mass is 361 g/mol. The number of para-hydroxylation sites is 1. The first-order chi connectivity index (χ1) is 14.6.